The summed E-state index contributed by atoms with van der Waals surface area (Å²) in [7, 11) is 0. The van der Waals surface area contributed by atoms with Gasteiger partial charge >= 0.3 is 0 Å². The van der Waals surface area contributed by atoms with Crippen molar-refractivity contribution in [2.45, 2.75) is 150 Å². The third kappa shape index (κ3) is 7.69. The largest absolute Gasteiger partial charge is 0.654 e. The molecule has 8 atom stereocenters. The molecule has 2 fully saturated rings. The van der Waals surface area contributed by atoms with Crippen molar-refractivity contribution >= 4 is 17.5 Å². The molecule has 2 aliphatic carbocycles. The van der Waals surface area contributed by atoms with E-state index in [-0.39, 0.29) is 44.2 Å². The maximum atomic E-state index is 9.79. The smallest absolute Gasteiger partial charge is 0.171 e. The second-order valence-electron chi connectivity index (χ2n) is 16.0. The summed E-state index contributed by atoms with van der Waals surface area (Å²) < 4.78 is 29.8. The van der Waals surface area contributed by atoms with Gasteiger partial charge in [-0.05, 0) is 90.7 Å². The van der Waals surface area contributed by atoms with E-state index in [1.807, 2.05) is 13.8 Å². The van der Waals surface area contributed by atoms with Crippen LogP contribution in [0, 0.1) is 46.8 Å². The van der Waals surface area contributed by atoms with E-state index in [4.69, 9.17) is 14.2 Å². The van der Waals surface area contributed by atoms with Gasteiger partial charge in [-0.2, -0.15) is 5.57 Å². The molecule has 0 aromatic heterocycles. The second-order valence-corrected chi connectivity index (χ2v) is 17.2. The fourth-order valence-corrected chi connectivity index (χ4v) is 10.7. The van der Waals surface area contributed by atoms with Gasteiger partial charge in [-0.25, -0.2) is 6.42 Å². The van der Waals surface area contributed by atoms with Crippen molar-refractivity contribution < 1.29 is 39.2 Å². The Bertz CT molecular complexity index is 1300. The number of rotatable bonds is 7. The summed E-state index contributed by atoms with van der Waals surface area (Å²) in [6.07, 6.45) is 13.1. The Morgan fingerprint density at radius 2 is 1.87 bits per heavy atom. The minimum Gasteiger partial charge on any atom is -0.654 e. The minimum atomic E-state index is -2.11. The molecular weight excluding hydrogens is 769 g/mol. The fraction of sp³-hybridized carbons (Fsp3) is 0.795. The van der Waals surface area contributed by atoms with Gasteiger partial charge in [0.1, 0.15) is 0 Å². The zero-order valence-corrected chi connectivity index (χ0v) is 32.8. The molecular formula is C39H62IrN2O3S-2. The van der Waals surface area contributed by atoms with Crippen molar-refractivity contribution in [2.24, 2.45) is 45.4 Å². The van der Waals surface area contributed by atoms with E-state index < -0.39 is 13.0 Å². The standard InChI is InChI=1S/C27H38N2OS.C12H24O2.Ir/c1-15-9-10-17-16-7-6-8-18(23(16)30-25(17)29-15)20-13-21-19(14-28-20)22-24(31-21)27(4,5)12-11-26(22,2)3;1-5-9(4)11(13)8-12(14)10(6-2)7-3;/h8,16-17,20,22,24-25H,6-7,9-14H2,1-5H3;8-10,12-14H,5-7H2,1-4H3;/q-2;;/b;11-8-;/t16-,17?,20+,22-,24+,25?;9-,12+;/m00./s1/i1D3;;. The molecule has 6 aliphatic rings. The van der Waals surface area contributed by atoms with Crippen molar-refractivity contribution in [2.75, 3.05) is 6.54 Å². The second kappa shape index (κ2) is 15.4. The maximum Gasteiger partial charge on any atom is 0.171 e. The molecule has 1 radical (unpaired) electrons. The number of aliphatic imine (C=N–C) groups is 1. The zero-order chi connectivity index (χ0) is 35.2. The van der Waals surface area contributed by atoms with Crippen LogP contribution < -0.4 is 0 Å². The van der Waals surface area contributed by atoms with Crippen LogP contribution in [-0.4, -0.2) is 46.1 Å². The van der Waals surface area contributed by atoms with Crippen LogP contribution in [0.1, 0.15) is 131 Å². The van der Waals surface area contributed by atoms with Gasteiger partial charge in [-0.1, -0.05) is 80.2 Å². The Hall–Kier alpha value is -0.721. The first-order valence-electron chi connectivity index (χ1n) is 19.5. The van der Waals surface area contributed by atoms with Gasteiger partial charge in [0.05, 0.1) is 11.9 Å². The van der Waals surface area contributed by atoms with Crippen LogP contribution in [0.2, 0.25) is 0 Å². The van der Waals surface area contributed by atoms with Gasteiger partial charge in [0, 0.05) is 47.0 Å². The summed E-state index contributed by atoms with van der Waals surface area (Å²) in [6, 6.07) is 0.168. The Morgan fingerprint density at radius 1 is 1.15 bits per heavy atom. The topological polar surface area (TPSA) is 76.2 Å². The molecule has 46 heavy (non-hydrogen) atoms. The number of nitrogens with zero attached hydrogens (tertiary/aromatic N) is 2. The van der Waals surface area contributed by atoms with Crippen molar-refractivity contribution in [3.8, 4) is 0 Å². The number of aliphatic hydroxyl groups is 2. The maximum absolute atomic E-state index is 9.79. The summed E-state index contributed by atoms with van der Waals surface area (Å²) >= 11 is 2.16. The summed E-state index contributed by atoms with van der Waals surface area (Å²) in [6.45, 7) is 16.7. The summed E-state index contributed by atoms with van der Waals surface area (Å²) in [5, 5.41) is 25.3. The molecule has 263 valence electrons. The van der Waals surface area contributed by atoms with Gasteiger partial charge in [0.2, 0.25) is 0 Å². The molecule has 0 aromatic carbocycles. The molecule has 5 nitrogen and oxygen atoms in total. The SMILES string of the molecule is CCC(CC)[C@H](O)/C=C(\O)[C@@H](C)CC.[2H]C([2H])([2H])C1=NC2OC3=C([C@H]4CC5=C(C[N-]4)[C@H]4[C@@H](S5)C(C)(C)CCC4(C)C)[CH-]CC[C@H]3C2CC1.[Ir]. The Kier molecular flexibility index (Phi) is 11.3. The number of fused-ring (bicyclic) bond motifs is 5. The third-order valence-corrected chi connectivity index (χ3v) is 14.0. The van der Waals surface area contributed by atoms with Crippen LogP contribution in [-0.2, 0) is 24.8 Å². The molecule has 2 unspecified atom stereocenters. The van der Waals surface area contributed by atoms with Crippen molar-refractivity contribution in [3.05, 3.63) is 45.4 Å². The van der Waals surface area contributed by atoms with E-state index in [2.05, 4.69) is 64.7 Å². The molecule has 1 saturated carbocycles. The fourth-order valence-electron chi connectivity index (χ4n) is 8.70. The van der Waals surface area contributed by atoms with Crippen LogP contribution in [0.25, 0.3) is 5.32 Å². The summed E-state index contributed by atoms with van der Waals surface area (Å²) in [4.78, 5) is 6.19. The number of thioether (sulfide) groups is 1. The summed E-state index contributed by atoms with van der Waals surface area (Å²) in [5.74, 6) is 3.14. The van der Waals surface area contributed by atoms with Crippen LogP contribution in [0.3, 0.4) is 0 Å². The Labute approximate surface area is 302 Å². The van der Waals surface area contributed by atoms with Crippen LogP contribution in [0.15, 0.2) is 38.6 Å². The van der Waals surface area contributed by atoms with Gasteiger partial charge < -0.3 is 20.3 Å². The average molecular weight is 834 g/mol. The number of hydrogen-bond acceptors (Lipinski definition) is 5. The quantitative estimate of drug-likeness (QED) is 0.198. The van der Waals surface area contributed by atoms with E-state index in [0.717, 1.165) is 57.2 Å². The van der Waals surface area contributed by atoms with E-state index in [1.54, 1.807) is 16.6 Å². The van der Waals surface area contributed by atoms with E-state index in [1.165, 1.54) is 18.4 Å². The molecule has 0 aromatic rings. The van der Waals surface area contributed by atoms with Gasteiger partial charge in [0.15, 0.2) is 6.23 Å². The predicted molar refractivity (Wildman–Crippen MR) is 190 cm³/mol. The predicted octanol–water partition coefficient (Wildman–Crippen LogP) is 10.3. The van der Waals surface area contributed by atoms with Crippen LogP contribution in [0.4, 0.5) is 0 Å². The molecule has 4 aliphatic heterocycles. The first kappa shape index (κ1) is 33.8. The third-order valence-electron chi connectivity index (χ3n) is 12.1. The van der Waals surface area contributed by atoms with Gasteiger partial charge in [-0.3, -0.25) is 4.99 Å². The number of ether oxygens (including phenoxy) is 1. The van der Waals surface area contributed by atoms with Gasteiger partial charge in [-0.15, -0.1) is 30.8 Å². The minimum absolute atomic E-state index is 0. The molecule has 1 saturated heterocycles. The molecule has 0 spiro atoms. The van der Waals surface area contributed by atoms with Crippen molar-refractivity contribution in [1.82, 2.24) is 0 Å². The Balaban J connectivity index is 0.000000309. The first-order valence-corrected chi connectivity index (χ1v) is 18.8. The number of allylic oxidation sites excluding steroid dienone is 2. The number of hydrogen-bond donors (Lipinski definition) is 2. The van der Waals surface area contributed by atoms with Crippen LogP contribution in [0.5, 0.6) is 0 Å². The first-order chi connectivity index (χ1) is 22.5. The monoisotopic (exact) mass is 834 g/mol. The molecule has 0 bridgehead atoms. The molecule has 7 heteroatoms. The van der Waals surface area contributed by atoms with Crippen molar-refractivity contribution in [1.29, 1.82) is 0 Å². The average Bonchev–Trinajstić information content (AvgIpc) is 3.63. The van der Waals surface area contributed by atoms with Crippen LogP contribution >= 0.6 is 11.8 Å². The molecule has 4 heterocycles. The molecule has 0 amide bonds. The zero-order valence-electron chi connectivity index (χ0n) is 32.6. The Morgan fingerprint density at radius 3 is 2.54 bits per heavy atom. The summed E-state index contributed by atoms with van der Waals surface area (Å²) in [5.41, 5.74) is 3.95. The molecule has 6 rings (SSSR count). The number of aliphatic hydroxyl groups excluding tert-OH is 2. The van der Waals surface area contributed by atoms with Gasteiger partial charge in [0.25, 0.3) is 0 Å². The molecule has 2 N–H and O–H groups in total. The van der Waals surface area contributed by atoms with E-state index in [0.29, 0.717) is 51.7 Å². The van der Waals surface area contributed by atoms with Crippen molar-refractivity contribution in [3.63, 3.8) is 0 Å². The van der Waals surface area contributed by atoms with E-state index in [9.17, 15) is 10.2 Å². The normalized spacial score (nSPS) is 35.2. The van der Waals surface area contributed by atoms with E-state index >= 15 is 0 Å².